The molecular formula is C11H13NO3. The van der Waals surface area contributed by atoms with Gasteiger partial charge in [0, 0.05) is 14.0 Å². The normalized spacial score (nSPS) is 9.80. The van der Waals surface area contributed by atoms with Crippen molar-refractivity contribution < 1.29 is 14.7 Å². The molecule has 1 aromatic rings. The molecule has 4 nitrogen and oxygen atoms in total. The third-order valence-corrected chi connectivity index (χ3v) is 2.22. The van der Waals surface area contributed by atoms with Gasteiger partial charge < -0.3 is 10.0 Å². The molecule has 1 N–H and O–H groups in total. The quantitative estimate of drug-likeness (QED) is 0.802. The Hall–Kier alpha value is -1.84. The molecule has 15 heavy (non-hydrogen) atoms. The van der Waals surface area contributed by atoms with E-state index in [1.807, 2.05) is 6.92 Å². The van der Waals surface area contributed by atoms with Crippen LogP contribution in [0.2, 0.25) is 0 Å². The van der Waals surface area contributed by atoms with E-state index in [-0.39, 0.29) is 11.5 Å². The number of anilines is 1. The van der Waals surface area contributed by atoms with Crippen LogP contribution in [-0.4, -0.2) is 24.0 Å². The second kappa shape index (κ2) is 4.13. The van der Waals surface area contributed by atoms with Gasteiger partial charge in [-0.3, -0.25) is 4.79 Å². The number of aryl methyl sites for hydroxylation is 1. The van der Waals surface area contributed by atoms with Crippen molar-refractivity contribution in [1.29, 1.82) is 0 Å². The number of carboxylic acid groups (broad SMARTS) is 1. The van der Waals surface area contributed by atoms with Crippen LogP contribution in [-0.2, 0) is 4.79 Å². The molecule has 1 aromatic carbocycles. The Morgan fingerprint density at radius 1 is 1.33 bits per heavy atom. The monoisotopic (exact) mass is 207 g/mol. The predicted molar refractivity (Wildman–Crippen MR) is 57.2 cm³/mol. The number of hydrogen-bond donors (Lipinski definition) is 1. The fraction of sp³-hybridized carbons (Fsp3) is 0.273. The summed E-state index contributed by atoms with van der Waals surface area (Å²) in [5.41, 5.74) is 1.42. The summed E-state index contributed by atoms with van der Waals surface area (Å²) in [7, 11) is 1.56. The molecule has 0 aromatic heterocycles. The number of carbonyl (C=O) groups excluding carboxylic acids is 1. The maximum absolute atomic E-state index is 11.1. The van der Waals surface area contributed by atoms with Crippen LogP contribution in [0.5, 0.6) is 0 Å². The molecule has 0 aliphatic heterocycles. The van der Waals surface area contributed by atoms with Crippen molar-refractivity contribution >= 4 is 17.6 Å². The van der Waals surface area contributed by atoms with Gasteiger partial charge in [-0.1, -0.05) is 11.6 Å². The Bertz CT molecular complexity index is 412. The molecule has 4 heteroatoms. The van der Waals surface area contributed by atoms with E-state index in [0.717, 1.165) is 5.56 Å². The zero-order valence-electron chi connectivity index (χ0n) is 8.94. The van der Waals surface area contributed by atoms with E-state index in [1.54, 1.807) is 25.2 Å². The molecule has 0 aliphatic carbocycles. The van der Waals surface area contributed by atoms with Crippen molar-refractivity contribution in [2.24, 2.45) is 0 Å². The maximum Gasteiger partial charge on any atom is 0.337 e. The SMILES string of the molecule is CC(=O)N(C)c1ccc(C)cc1C(=O)O. The van der Waals surface area contributed by atoms with Gasteiger partial charge in [-0.05, 0) is 19.1 Å². The Morgan fingerprint density at radius 2 is 1.93 bits per heavy atom. The Morgan fingerprint density at radius 3 is 2.40 bits per heavy atom. The highest BCUT2D eigenvalue weighted by Gasteiger charge is 2.15. The largest absolute Gasteiger partial charge is 0.478 e. The minimum absolute atomic E-state index is 0.146. The van der Waals surface area contributed by atoms with Crippen LogP contribution in [0, 0.1) is 6.92 Å². The second-order valence-electron chi connectivity index (χ2n) is 3.40. The van der Waals surface area contributed by atoms with E-state index in [2.05, 4.69) is 0 Å². The lowest BCUT2D eigenvalue weighted by atomic mass is 10.1. The topological polar surface area (TPSA) is 57.6 Å². The second-order valence-corrected chi connectivity index (χ2v) is 3.40. The lowest BCUT2D eigenvalue weighted by Crippen LogP contribution is -2.25. The molecule has 0 saturated carbocycles. The van der Waals surface area contributed by atoms with Crippen molar-refractivity contribution in [1.82, 2.24) is 0 Å². The van der Waals surface area contributed by atoms with Crippen LogP contribution in [0.15, 0.2) is 18.2 Å². The molecule has 0 fully saturated rings. The van der Waals surface area contributed by atoms with E-state index in [0.29, 0.717) is 5.69 Å². The lowest BCUT2D eigenvalue weighted by Gasteiger charge is -2.17. The van der Waals surface area contributed by atoms with E-state index >= 15 is 0 Å². The highest BCUT2D eigenvalue weighted by atomic mass is 16.4. The van der Waals surface area contributed by atoms with Gasteiger partial charge >= 0.3 is 5.97 Å². The van der Waals surface area contributed by atoms with Crippen LogP contribution in [0.4, 0.5) is 5.69 Å². The Labute approximate surface area is 88.1 Å². The fourth-order valence-electron chi connectivity index (χ4n) is 1.28. The number of aromatic carboxylic acids is 1. The summed E-state index contributed by atoms with van der Waals surface area (Å²) >= 11 is 0. The Kier molecular flexibility index (Phi) is 3.09. The summed E-state index contributed by atoms with van der Waals surface area (Å²) in [6, 6.07) is 4.97. The molecule has 0 spiro atoms. The zero-order valence-corrected chi connectivity index (χ0v) is 8.94. The number of hydrogen-bond acceptors (Lipinski definition) is 2. The highest BCUT2D eigenvalue weighted by molar-refractivity contribution is 6.01. The van der Waals surface area contributed by atoms with Gasteiger partial charge in [0.15, 0.2) is 0 Å². The summed E-state index contributed by atoms with van der Waals surface area (Å²) < 4.78 is 0. The average Bonchev–Trinajstić information content (AvgIpc) is 2.16. The van der Waals surface area contributed by atoms with Gasteiger partial charge in [0.05, 0.1) is 11.3 Å². The first-order valence-electron chi connectivity index (χ1n) is 4.51. The maximum atomic E-state index is 11.1. The smallest absolute Gasteiger partial charge is 0.337 e. The first kappa shape index (κ1) is 11.2. The molecule has 1 rings (SSSR count). The summed E-state index contributed by atoms with van der Waals surface area (Å²) in [6.07, 6.45) is 0. The van der Waals surface area contributed by atoms with Crippen LogP contribution < -0.4 is 4.90 Å². The molecule has 0 unspecified atom stereocenters. The molecule has 0 heterocycles. The minimum atomic E-state index is -1.03. The van der Waals surface area contributed by atoms with Gasteiger partial charge in [0.25, 0.3) is 0 Å². The van der Waals surface area contributed by atoms with Crippen LogP contribution >= 0.6 is 0 Å². The van der Waals surface area contributed by atoms with E-state index < -0.39 is 5.97 Å². The molecule has 0 atom stereocenters. The number of amides is 1. The first-order valence-corrected chi connectivity index (χ1v) is 4.51. The predicted octanol–water partition coefficient (Wildman–Crippen LogP) is 1.68. The first-order chi connectivity index (χ1) is 6.93. The van der Waals surface area contributed by atoms with Crippen molar-refractivity contribution in [3.63, 3.8) is 0 Å². The number of carbonyl (C=O) groups is 2. The molecular weight excluding hydrogens is 194 g/mol. The molecule has 80 valence electrons. The summed E-state index contributed by atoms with van der Waals surface area (Å²) in [4.78, 5) is 23.4. The van der Waals surface area contributed by atoms with Crippen molar-refractivity contribution in [3.05, 3.63) is 29.3 Å². The van der Waals surface area contributed by atoms with Crippen LogP contribution in [0.3, 0.4) is 0 Å². The van der Waals surface area contributed by atoms with Crippen molar-refractivity contribution in [2.75, 3.05) is 11.9 Å². The van der Waals surface area contributed by atoms with Crippen molar-refractivity contribution in [2.45, 2.75) is 13.8 Å². The average molecular weight is 207 g/mol. The molecule has 0 bridgehead atoms. The van der Waals surface area contributed by atoms with Crippen LogP contribution in [0.1, 0.15) is 22.8 Å². The molecule has 0 aliphatic rings. The van der Waals surface area contributed by atoms with Crippen LogP contribution in [0.25, 0.3) is 0 Å². The summed E-state index contributed by atoms with van der Waals surface area (Å²) in [6.45, 7) is 3.20. The van der Waals surface area contributed by atoms with Gasteiger partial charge in [0.2, 0.25) is 5.91 Å². The number of benzene rings is 1. The summed E-state index contributed by atoms with van der Waals surface area (Å²) in [5, 5.41) is 8.98. The third kappa shape index (κ3) is 2.34. The number of carboxylic acids is 1. The van der Waals surface area contributed by atoms with Crippen molar-refractivity contribution in [3.8, 4) is 0 Å². The minimum Gasteiger partial charge on any atom is -0.478 e. The van der Waals surface area contributed by atoms with Gasteiger partial charge in [-0.15, -0.1) is 0 Å². The standard InChI is InChI=1S/C11H13NO3/c1-7-4-5-10(12(3)8(2)13)9(6-7)11(14)15/h4-6H,1-3H3,(H,14,15). The van der Waals surface area contributed by atoms with Gasteiger partial charge in [-0.2, -0.15) is 0 Å². The van der Waals surface area contributed by atoms with Gasteiger partial charge in [0.1, 0.15) is 0 Å². The van der Waals surface area contributed by atoms with E-state index in [1.165, 1.54) is 11.8 Å². The number of rotatable bonds is 2. The molecule has 0 radical (unpaired) electrons. The zero-order chi connectivity index (χ0) is 11.6. The molecule has 1 amide bonds. The van der Waals surface area contributed by atoms with E-state index in [9.17, 15) is 9.59 Å². The Balaban J connectivity index is 3.28. The fourth-order valence-corrected chi connectivity index (χ4v) is 1.28. The number of nitrogens with zero attached hydrogens (tertiary/aromatic N) is 1. The highest BCUT2D eigenvalue weighted by Crippen LogP contribution is 2.21. The lowest BCUT2D eigenvalue weighted by molar-refractivity contribution is -0.116. The van der Waals surface area contributed by atoms with E-state index in [4.69, 9.17) is 5.11 Å². The van der Waals surface area contributed by atoms with Gasteiger partial charge in [-0.25, -0.2) is 4.79 Å². The summed E-state index contributed by atoms with van der Waals surface area (Å²) in [5.74, 6) is -1.22. The third-order valence-electron chi connectivity index (χ3n) is 2.22. The molecule has 0 saturated heterocycles.